The summed E-state index contributed by atoms with van der Waals surface area (Å²) in [5.41, 5.74) is 0. The molecule has 0 bridgehead atoms. The van der Waals surface area contributed by atoms with Gasteiger partial charge in [0, 0.05) is 8.45 Å². The Bertz CT molecular complexity index is 245. The number of hydrogen-bond donors (Lipinski definition) is 0. The Kier molecular flexibility index (Phi) is 2.46. The fraction of sp³-hybridized carbons (Fsp3) is 0.286. The quantitative estimate of drug-likeness (QED) is 0.564. The normalized spacial score (nSPS) is 9.90. The number of ketones is 1. The summed E-state index contributed by atoms with van der Waals surface area (Å²) in [6.45, 7) is 3.63. The average Bonchev–Trinajstić information content (AvgIpc) is 2.13. The van der Waals surface area contributed by atoms with E-state index >= 15 is 0 Å². The fourth-order valence-corrected chi connectivity index (χ4v) is 2.29. The van der Waals surface area contributed by atoms with Crippen LogP contribution in [0.1, 0.15) is 21.5 Å². The molecule has 0 radical (unpaired) electrons. The summed E-state index contributed by atoms with van der Waals surface area (Å²) in [7, 11) is 0. The van der Waals surface area contributed by atoms with Crippen LogP contribution in [0.4, 0.5) is 0 Å². The molecule has 0 unspecified atom stereocenters. The van der Waals surface area contributed by atoms with Crippen LogP contribution in [-0.4, -0.2) is 5.78 Å². The molecule has 1 aromatic heterocycles. The summed E-state index contributed by atoms with van der Waals surface area (Å²) in [5, 5.41) is 0. The van der Waals surface area contributed by atoms with Gasteiger partial charge in [0.2, 0.25) is 0 Å². The van der Waals surface area contributed by atoms with Gasteiger partial charge in [-0.25, -0.2) is 0 Å². The molecule has 10 heavy (non-hydrogen) atoms. The standard InChI is InChI=1S/C7H7IOS/c1-4(9)7-3-6(8)5(2)10-7/h3H,1-2H3. The number of Topliss-reactive ketones (excluding diaryl/α,β-unsaturated/α-hetero) is 1. The van der Waals surface area contributed by atoms with Crippen LogP contribution in [0.5, 0.6) is 0 Å². The van der Waals surface area contributed by atoms with Gasteiger partial charge in [-0.3, -0.25) is 4.79 Å². The molecule has 0 spiro atoms. The summed E-state index contributed by atoms with van der Waals surface area (Å²) in [5.74, 6) is 0.163. The lowest BCUT2D eigenvalue weighted by Crippen LogP contribution is -1.83. The number of aryl methyl sites for hydroxylation is 1. The van der Waals surface area contributed by atoms with Crippen molar-refractivity contribution in [2.45, 2.75) is 13.8 Å². The second kappa shape index (κ2) is 3.00. The van der Waals surface area contributed by atoms with Crippen molar-refractivity contribution in [3.05, 3.63) is 19.4 Å². The number of thiophene rings is 1. The highest BCUT2D eigenvalue weighted by atomic mass is 127. The van der Waals surface area contributed by atoms with E-state index in [0.717, 1.165) is 4.88 Å². The molecule has 1 nitrogen and oxygen atoms in total. The highest BCUT2D eigenvalue weighted by Gasteiger charge is 2.05. The molecule has 0 N–H and O–H groups in total. The molecule has 0 atom stereocenters. The molecule has 0 aliphatic rings. The lowest BCUT2D eigenvalue weighted by Gasteiger charge is -1.80. The number of hydrogen-bond acceptors (Lipinski definition) is 2. The van der Waals surface area contributed by atoms with Crippen molar-refractivity contribution < 1.29 is 4.79 Å². The SMILES string of the molecule is CC(=O)c1cc(I)c(C)s1. The van der Waals surface area contributed by atoms with Gasteiger partial charge in [-0.2, -0.15) is 0 Å². The van der Waals surface area contributed by atoms with E-state index < -0.39 is 0 Å². The molecule has 1 aromatic rings. The summed E-state index contributed by atoms with van der Waals surface area (Å²) < 4.78 is 1.19. The number of rotatable bonds is 1. The first kappa shape index (κ1) is 8.20. The smallest absolute Gasteiger partial charge is 0.169 e. The first-order valence-electron chi connectivity index (χ1n) is 2.88. The number of carbonyl (C=O) groups excluding carboxylic acids is 1. The lowest BCUT2D eigenvalue weighted by atomic mass is 10.3. The summed E-state index contributed by atoms with van der Waals surface area (Å²) >= 11 is 3.80. The molecule has 0 saturated heterocycles. The summed E-state index contributed by atoms with van der Waals surface area (Å²) in [6, 6.07) is 1.93. The van der Waals surface area contributed by atoms with Gasteiger partial charge in [0.05, 0.1) is 4.88 Å². The van der Waals surface area contributed by atoms with Gasteiger partial charge in [-0.15, -0.1) is 11.3 Å². The van der Waals surface area contributed by atoms with Crippen molar-refractivity contribution >= 4 is 39.7 Å². The van der Waals surface area contributed by atoms with E-state index in [4.69, 9.17) is 0 Å². The first-order chi connectivity index (χ1) is 4.61. The maximum atomic E-state index is 10.8. The van der Waals surface area contributed by atoms with Crippen molar-refractivity contribution in [2.24, 2.45) is 0 Å². The third-order valence-corrected chi connectivity index (χ3v) is 3.84. The Hall–Kier alpha value is 0.1000. The van der Waals surface area contributed by atoms with Crippen LogP contribution in [0.25, 0.3) is 0 Å². The van der Waals surface area contributed by atoms with Crippen LogP contribution in [-0.2, 0) is 0 Å². The van der Waals surface area contributed by atoms with Crippen molar-refractivity contribution in [3.8, 4) is 0 Å². The van der Waals surface area contributed by atoms with E-state index in [9.17, 15) is 4.79 Å². The molecule has 1 rings (SSSR count). The Morgan fingerprint density at radius 3 is 2.50 bits per heavy atom. The Morgan fingerprint density at radius 2 is 2.30 bits per heavy atom. The van der Waals surface area contributed by atoms with Crippen LogP contribution in [0.2, 0.25) is 0 Å². The van der Waals surface area contributed by atoms with Crippen molar-refractivity contribution in [1.29, 1.82) is 0 Å². The van der Waals surface area contributed by atoms with E-state index in [2.05, 4.69) is 22.6 Å². The maximum absolute atomic E-state index is 10.8. The van der Waals surface area contributed by atoms with E-state index in [0.29, 0.717) is 0 Å². The highest BCUT2D eigenvalue weighted by molar-refractivity contribution is 14.1. The highest BCUT2D eigenvalue weighted by Crippen LogP contribution is 2.22. The average molecular weight is 266 g/mol. The van der Waals surface area contributed by atoms with Gasteiger partial charge >= 0.3 is 0 Å². The molecule has 0 fully saturated rings. The largest absolute Gasteiger partial charge is 0.294 e. The molecule has 0 aromatic carbocycles. The molecule has 54 valence electrons. The van der Waals surface area contributed by atoms with Crippen molar-refractivity contribution in [1.82, 2.24) is 0 Å². The molecular weight excluding hydrogens is 259 g/mol. The van der Waals surface area contributed by atoms with Crippen molar-refractivity contribution in [3.63, 3.8) is 0 Å². The van der Waals surface area contributed by atoms with Gasteiger partial charge in [-0.1, -0.05) is 0 Å². The zero-order valence-electron chi connectivity index (χ0n) is 5.77. The van der Waals surface area contributed by atoms with Crippen molar-refractivity contribution in [2.75, 3.05) is 0 Å². The van der Waals surface area contributed by atoms with Gasteiger partial charge in [0.25, 0.3) is 0 Å². The predicted octanol–water partition coefficient (Wildman–Crippen LogP) is 2.86. The molecule has 3 heteroatoms. The topological polar surface area (TPSA) is 17.1 Å². The minimum atomic E-state index is 0.163. The third kappa shape index (κ3) is 1.58. The number of carbonyl (C=O) groups is 1. The zero-order valence-corrected chi connectivity index (χ0v) is 8.75. The van der Waals surface area contributed by atoms with Crippen LogP contribution in [0, 0.1) is 10.5 Å². The Morgan fingerprint density at radius 1 is 1.70 bits per heavy atom. The predicted molar refractivity (Wildman–Crippen MR) is 51.8 cm³/mol. The van der Waals surface area contributed by atoms with E-state index in [1.165, 1.54) is 8.45 Å². The lowest BCUT2D eigenvalue weighted by molar-refractivity contribution is 0.102. The summed E-state index contributed by atoms with van der Waals surface area (Å²) in [4.78, 5) is 12.9. The first-order valence-corrected chi connectivity index (χ1v) is 4.77. The molecule has 0 saturated carbocycles. The van der Waals surface area contributed by atoms with Crippen LogP contribution >= 0.6 is 33.9 Å². The molecule has 0 aliphatic heterocycles. The molecular formula is C7H7IOS. The molecule has 1 heterocycles. The van der Waals surface area contributed by atoms with E-state index in [1.54, 1.807) is 18.3 Å². The number of halogens is 1. The van der Waals surface area contributed by atoms with E-state index in [1.807, 2.05) is 13.0 Å². The minimum Gasteiger partial charge on any atom is -0.294 e. The van der Waals surface area contributed by atoms with Gasteiger partial charge in [0.15, 0.2) is 5.78 Å². The van der Waals surface area contributed by atoms with Gasteiger partial charge in [-0.05, 0) is 42.5 Å². The van der Waals surface area contributed by atoms with Crippen LogP contribution < -0.4 is 0 Å². The second-order valence-corrected chi connectivity index (χ2v) is 4.49. The Balaban J connectivity index is 3.10. The molecule has 0 aliphatic carbocycles. The maximum Gasteiger partial charge on any atom is 0.169 e. The van der Waals surface area contributed by atoms with Gasteiger partial charge in [0.1, 0.15) is 0 Å². The van der Waals surface area contributed by atoms with Crippen LogP contribution in [0.3, 0.4) is 0 Å². The fourth-order valence-electron chi connectivity index (χ4n) is 0.633. The van der Waals surface area contributed by atoms with E-state index in [-0.39, 0.29) is 5.78 Å². The summed E-state index contributed by atoms with van der Waals surface area (Å²) in [6.07, 6.45) is 0. The van der Waals surface area contributed by atoms with Crippen LogP contribution in [0.15, 0.2) is 6.07 Å². The zero-order chi connectivity index (χ0) is 7.72. The minimum absolute atomic E-state index is 0.163. The Labute approximate surface area is 77.6 Å². The monoisotopic (exact) mass is 266 g/mol. The second-order valence-electron chi connectivity index (χ2n) is 2.07. The van der Waals surface area contributed by atoms with Gasteiger partial charge < -0.3 is 0 Å². The third-order valence-electron chi connectivity index (χ3n) is 1.20. The molecule has 0 amide bonds.